The first-order valence-electron chi connectivity index (χ1n) is 12.1. The third-order valence-electron chi connectivity index (χ3n) is 7.04. The molecular formula is C23H37IN4O4. The molecule has 0 radical (unpaired) electrons. The smallest absolute Gasteiger partial charge is 0.289 e. The van der Waals surface area contributed by atoms with Crippen molar-refractivity contribution in [1.82, 2.24) is 15.5 Å². The fraction of sp³-hybridized carbons (Fsp3) is 0.826. The molecule has 32 heavy (non-hydrogen) atoms. The molecule has 3 aliphatic rings. The first-order chi connectivity index (χ1) is 15.3. The number of alkyl halides is 1. The van der Waals surface area contributed by atoms with Gasteiger partial charge >= 0.3 is 0 Å². The van der Waals surface area contributed by atoms with Crippen molar-refractivity contribution in [2.24, 2.45) is 23.5 Å². The minimum atomic E-state index is -0.843. The Morgan fingerprint density at radius 2 is 1.78 bits per heavy atom. The lowest BCUT2D eigenvalue weighted by molar-refractivity contribution is -0.143. The van der Waals surface area contributed by atoms with Gasteiger partial charge in [-0.3, -0.25) is 19.2 Å². The van der Waals surface area contributed by atoms with E-state index in [9.17, 15) is 19.2 Å². The molecular weight excluding hydrogens is 523 g/mol. The van der Waals surface area contributed by atoms with Crippen LogP contribution in [0.5, 0.6) is 0 Å². The highest BCUT2D eigenvalue weighted by atomic mass is 127. The molecule has 4 atom stereocenters. The summed E-state index contributed by atoms with van der Waals surface area (Å²) < 4.78 is 0.703. The second-order valence-electron chi connectivity index (χ2n) is 9.82. The maximum atomic E-state index is 13.2. The van der Waals surface area contributed by atoms with Gasteiger partial charge < -0.3 is 21.3 Å². The van der Waals surface area contributed by atoms with Crippen molar-refractivity contribution in [1.29, 1.82) is 0 Å². The minimum absolute atomic E-state index is 0.161. The zero-order valence-electron chi connectivity index (χ0n) is 19.0. The van der Waals surface area contributed by atoms with Crippen LogP contribution in [0.25, 0.3) is 0 Å². The molecule has 1 unspecified atom stereocenters. The van der Waals surface area contributed by atoms with Crippen LogP contribution in [0.15, 0.2) is 0 Å². The van der Waals surface area contributed by atoms with Crippen molar-refractivity contribution in [2.75, 3.05) is 17.5 Å². The molecule has 4 N–H and O–H groups in total. The SMILES string of the molecule is C[C@@H]1C[C@@H](C(=O)NC(CC2CC2)C(=O)C(=O)NCCI)N(C(=O)[C@@H](N)C2CCCCC2)C1. The molecule has 0 aromatic carbocycles. The van der Waals surface area contributed by atoms with Crippen LogP contribution < -0.4 is 16.4 Å². The molecule has 1 aliphatic heterocycles. The molecule has 0 spiro atoms. The lowest BCUT2D eigenvalue weighted by Gasteiger charge is -2.32. The Bertz CT molecular complexity index is 708. The molecule has 2 saturated carbocycles. The van der Waals surface area contributed by atoms with E-state index in [4.69, 9.17) is 5.73 Å². The molecule has 3 amide bonds. The lowest BCUT2D eigenvalue weighted by Crippen LogP contribution is -2.56. The van der Waals surface area contributed by atoms with E-state index in [1.54, 1.807) is 4.90 Å². The Kier molecular flexibility index (Phi) is 9.33. The molecule has 0 bridgehead atoms. The van der Waals surface area contributed by atoms with E-state index in [1.807, 2.05) is 6.92 Å². The molecule has 2 aliphatic carbocycles. The summed E-state index contributed by atoms with van der Waals surface area (Å²) in [6, 6.07) is -2.07. The molecule has 9 heteroatoms. The topological polar surface area (TPSA) is 122 Å². The van der Waals surface area contributed by atoms with Crippen molar-refractivity contribution in [2.45, 2.75) is 82.8 Å². The number of halogens is 1. The fourth-order valence-electron chi connectivity index (χ4n) is 5.02. The average molecular weight is 560 g/mol. The molecule has 0 aromatic heterocycles. The summed E-state index contributed by atoms with van der Waals surface area (Å²) in [6.07, 6.45) is 8.32. The summed E-state index contributed by atoms with van der Waals surface area (Å²) in [4.78, 5) is 53.0. The number of amides is 3. The number of Topliss-reactive ketones (excluding diaryl/α,β-unsaturated/α-hetero) is 1. The van der Waals surface area contributed by atoms with Gasteiger partial charge in [-0.05, 0) is 43.4 Å². The highest BCUT2D eigenvalue weighted by molar-refractivity contribution is 14.1. The Morgan fingerprint density at radius 3 is 2.41 bits per heavy atom. The highest BCUT2D eigenvalue weighted by Crippen LogP contribution is 2.34. The van der Waals surface area contributed by atoms with Crippen LogP contribution >= 0.6 is 22.6 Å². The van der Waals surface area contributed by atoms with E-state index in [0.717, 1.165) is 38.5 Å². The van der Waals surface area contributed by atoms with E-state index >= 15 is 0 Å². The van der Waals surface area contributed by atoms with Crippen LogP contribution in [0, 0.1) is 17.8 Å². The van der Waals surface area contributed by atoms with E-state index in [2.05, 4.69) is 33.2 Å². The van der Waals surface area contributed by atoms with Crippen LogP contribution in [0.1, 0.15) is 64.7 Å². The summed E-state index contributed by atoms with van der Waals surface area (Å²) in [5, 5.41) is 5.43. The number of nitrogens with one attached hydrogen (secondary N) is 2. The van der Waals surface area contributed by atoms with Crippen LogP contribution in [-0.2, 0) is 19.2 Å². The molecule has 3 fully saturated rings. The predicted molar refractivity (Wildman–Crippen MR) is 130 cm³/mol. The van der Waals surface area contributed by atoms with Gasteiger partial charge in [0, 0.05) is 17.5 Å². The zero-order valence-corrected chi connectivity index (χ0v) is 21.1. The second-order valence-corrected chi connectivity index (χ2v) is 10.9. The maximum absolute atomic E-state index is 13.2. The standard InChI is InChI=1S/C23H37IN4O4/c1-14-11-18(28(13-14)23(32)19(25)16-5-3-2-4-6-16)21(30)27-17(12-15-7-8-15)20(29)22(31)26-10-9-24/h14-19H,2-13,25H2,1H3,(H,26,31)(H,27,30)/t14-,17?,18+,19+/m1/s1. The van der Waals surface area contributed by atoms with E-state index in [1.165, 1.54) is 6.42 Å². The Balaban J connectivity index is 1.66. The van der Waals surface area contributed by atoms with E-state index < -0.39 is 29.8 Å². The van der Waals surface area contributed by atoms with Crippen molar-refractivity contribution in [3.05, 3.63) is 0 Å². The number of carbonyl (C=O) groups is 4. The third-order valence-corrected chi connectivity index (χ3v) is 7.58. The summed E-state index contributed by atoms with van der Waals surface area (Å²) in [5.41, 5.74) is 6.36. The number of rotatable bonds is 10. The number of hydrogen-bond donors (Lipinski definition) is 3. The van der Waals surface area contributed by atoms with Gasteiger partial charge in [0.05, 0.1) is 12.1 Å². The number of carbonyl (C=O) groups excluding carboxylic acids is 4. The van der Waals surface area contributed by atoms with Crippen LogP contribution in [0.4, 0.5) is 0 Å². The number of ketones is 1. The number of likely N-dealkylation sites (tertiary alicyclic amines) is 1. The number of nitrogens with two attached hydrogens (primary N) is 1. The van der Waals surface area contributed by atoms with Gasteiger partial charge in [0.15, 0.2) is 0 Å². The predicted octanol–water partition coefficient (Wildman–Crippen LogP) is 1.54. The number of hydrogen-bond acceptors (Lipinski definition) is 5. The monoisotopic (exact) mass is 560 g/mol. The Labute approximate surface area is 204 Å². The zero-order chi connectivity index (χ0) is 23.3. The molecule has 1 heterocycles. The molecule has 180 valence electrons. The van der Waals surface area contributed by atoms with Gasteiger partial charge in [-0.25, -0.2) is 0 Å². The first kappa shape index (κ1) is 25.4. The lowest BCUT2D eigenvalue weighted by atomic mass is 9.83. The van der Waals surface area contributed by atoms with Crippen LogP contribution in [-0.4, -0.2) is 64.0 Å². The molecule has 8 nitrogen and oxygen atoms in total. The second kappa shape index (κ2) is 11.8. The van der Waals surface area contributed by atoms with Crippen molar-refractivity contribution < 1.29 is 19.2 Å². The highest BCUT2D eigenvalue weighted by Gasteiger charge is 2.43. The van der Waals surface area contributed by atoms with Gasteiger partial charge in [-0.15, -0.1) is 0 Å². The van der Waals surface area contributed by atoms with Gasteiger partial charge in [0.1, 0.15) is 6.04 Å². The molecule has 3 rings (SSSR count). The number of nitrogens with zero attached hydrogens (tertiary/aromatic N) is 1. The van der Waals surface area contributed by atoms with Crippen LogP contribution in [0.2, 0.25) is 0 Å². The van der Waals surface area contributed by atoms with Gasteiger partial charge in [-0.1, -0.05) is 61.6 Å². The van der Waals surface area contributed by atoms with Gasteiger partial charge in [0.2, 0.25) is 17.6 Å². The van der Waals surface area contributed by atoms with Crippen molar-refractivity contribution >= 4 is 46.1 Å². The van der Waals surface area contributed by atoms with E-state index in [-0.39, 0.29) is 23.7 Å². The Morgan fingerprint density at radius 1 is 1.09 bits per heavy atom. The minimum Gasteiger partial charge on any atom is -0.349 e. The summed E-state index contributed by atoms with van der Waals surface area (Å²) in [7, 11) is 0. The summed E-state index contributed by atoms with van der Waals surface area (Å²) in [6.45, 7) is 2.93. The van der Waals surface area contributed by atoms with Gasteiger partial charge in [-0.2, -0.15) is 0 Å². The Hall–Kier alpha value is -1.23. The first-order valence-corrected chi connectivity index (χ1v) is 13.6. The normalized spacial score (nSPS) is 25.8. The summed E-state index contributed by atoms with van der Waals surface area (Å²) in [5.74, 6) is -1.05. The largest absolute Gasteiger partial charge is 0.349 e. The van der Waals surface area contributed by atoms with Crippen LogP contribution in [0.3, 0.4) is 0 Å². The summed E-state index contributed by atoms with van der Waals surface area (Å²) >= 11 is 2.12. The third kappa shape index (κ3) is 6.65. The van der Waals surface area contributed by atoms with E-state index in [0.29, 0.717) is 36.3 Å². The fourth-order valence-corrected chi connectivity index (χ4v) is 5.29. The van der Waals surface area contributed by atoms with Gasteiger partial charge in [0.25, 0.3) is 5.91 Å². The van der Waals surface area contributed by atoms with Crippen molar-refractivity contribution in [3.63, 3.8) is 0 Å². The average Bonchev–Trinajstić information content (AvgIpc) is 3.53. The molecule has 0 aromatic rings. The quantitative estimate of drug-likeness (QED) is 0.213. The molecule has 1 saturated heterocycles. The van der Waals surface area contributed by atoms with Crippen molar-refractivity contribution in [3.8, 4) is 0 Å². The maximum Gasteiger partial charge on any atom is 0.289 e.